The number of hydrogen-bond acceptors (Lipinski definition) is 4. The van der Waals surface area contributed by atoms with E-state index in [9.17, 15) is 4.79 Å². The van der Waals surface area contributed by atoms with Crippen molar-refractivity contribution in [2.45, 2.75) is 32.7 Å². The third-order valence-electron chi connectivity index (χ3n) is 4.00. The standard InChI is InChI=1S/C18H20ClN3O2/c1-11-9-14(19)5-6-15(11)24-10-16(23)22-17(13-3-4-13)18-20-8-7-12(2)21-18/h5-9,13,17H,3-4,10H2,1-2H3,(H,22,23). The molecule has 1 aliphatic rings. The quantitative estimate of drug-likeness (QED) is 0.871. The number of carbonyl (C=O) groups is 1. The first kappa shape index (κ1) is 16.7. The van der Waals surface area contributed by atoms with E-state index in [1.165, 1.54) is 0 Å². The second-order valence-electron chi connectivity index (χ2n) is 6.14. The fourth-order valence-electron chi connectivity index (χ4n) is 2.57. The monoisotopic (exact) mass is 345 g/mol. The first-order valence-corrected chi connectivity index (χ1v) is 8.38. The number of benzene rings is 1. The maximum atomic E-state index is 12.3. The van der Waals surface area contributed by atoms with Crippen LogP contribution in [-0.4, -0.2) is 22.5 Å². The number of amides is 1. The van der Waals surface area contributed by atoms with E-state index in [1.807, 2.05) is 26.0 Å². The molecule has 1 fully saturated rings. The number of carbonyl (C=O) groups excluding carboxylic acids is 1. The van der Waals surface area contributed by atoms with Gasteiger partial charge in [0.05, 0.1) is 6.04 Å². The number of nitrogens with one attached hydrogen (secondary N) is 1. The Bertz CT molecular complexity index is 747. The summed E-state index contributed by atoms with van der Waals surface area (Å²) < 4.78 is 5.60. The van der Waals surface area contributed by atoms with E-state index < -0.39 is 0 Å². The largest absolute Gasteiger partial charge is 0.484 e. The van der Waals surface area contributed by atoms with E-state index in [0.29, 0.717) is 22.5 Å². The highest BCUT2D eigenvalue weighted by Crippen LogP contribution is 2.39. The Labute approximate surface area is 146 Å². The molecular formula is C18H20ClN3O2. The van der Waals surface area contributed by atoms with E-state index in [0.717, 1.165) is 24.1 Å². The highest BCUT2D eigenvalue weighted by atomic mass is 35.5. The van der Waals surface area contributed by atoms with Crippen molar-refractivity contribution in [3.63, 3.8) is 0 Å². The zero-order chi connectivity index (χ0) is 17.1. The van der Waals surface area contributed by atoms with Gasteiger partial charge in [0.15, 0.2) is 12.4 Å². The van der Waals surface area contributed by atoms with Gasteiger partial charge < -0.3 is 10.1 Å². The zero-order valence-electron chi connectivity index (χ0n) is 13.8. The van der Waals surface area contributed by atoms with Crippen LogP contribution in [0.2, 0.25) is 5.02 Å². The van der Waals surface area contributed by atoms with Crippen molar-refractivity contribution >= 4 is 17.5 Å². The number of aromatic nitrogens is 2. The molecule has 6 heteroatoms. The summed E-state index contributed by atoms with van der Waals surface area (Å²) in [6.07, 6.45) is 3.89. The summed E-state index contributed by atoms with van der Waals surface area (Å²) in [6.45, 7) is 3.77. The third kappa shape index (κ3) is 4.23. The molecule has 0 spiro atoms. The predicted molar refractivity (Wildman–Crippen MR) is 92.1 cm³/mol. The maximum absolute atomic E-state index is 12.3. The van der Waals surface area contributed by atoms with Crippen LogP contribution in [0.1, 0.15) is 36.0 Å². The summed E-state index contributed by atoms with van der Waals surface area (Å²) in [7, 11) is 0. The second-order valence-corrected chi connectivity index (χ2v) is 6.57. The number of aryl methyl sites for hydroxylation is 2. The summed E-state index contributed by atoms with van der Waals surface area (Å²) in [5.41, 5.74) is 1.80. The molecule has 1 amide bonds. The SMILES string of the molecule is Cc1ccnc(C(NC(=O)COc2ccc(Cl)cc2C)C2CC2)n1. The van der Waals surface area contributed by atoms with Gasteiger partial charge in [0.25, 0.3) is 5.91 Å². The molecule has 1 heterocycles. The van der Waals surface area contributed by atoms with Crippen molar-refractivity contribution in [3.8, 4) is 5.75 Å². The molecule has 5 nitrogen and oxygen atoms in total. The number of nitrogens with zero attached hydrogens (tertiary/aromatic N) is 2. The summed E-state index contributed by atoms with van der Waals surface area (Å²) in [5, 5.41) is 3.66. The number of ether oxygens (including phenoxy) is 1. The van der Waals surface area contributed by atoms with Gasteiger partial charge in [-0.05, 0) is 62.4 Å². The van der Waals surface area contributed by atoms with E-state index >= 15 is 0 Å². The van der Waals surface area contributed by atoms with Gasteiger partial charge in [-0.15, -0.1) is 0 Å². The van der Waals surface area contributed by atoms with E-state index in [4.69, 9.17) is 16.3 Å². The fraction of sp³-hybridized carbons (Fsp3) is 0.389. The summed E-state index contributed by atoms with van der Waals surface area (Å²) in [4.78, 5) is 21.0. The molecule has 0 saturated heterocycles. The molecule has 0 radical (unpaired) electrons. The Morgan fingerprint density at radius 2 is 2.17 bits per heavy atom. The third-order valence-corrected chi connectivity index (χ3v) is 4.23. The summed E-state index contributed by atoms with van der Waals surface area (Å²) in [5.74, 6) is 1.57. The van der Waals surface area contributed by atoms with Crippen LogP contribution in [0.5, 0.6) is 5.75 Å². The molecule has 1 unspecified atom stereocenters. The van der Waals surface area contributed by atoms with Gasteiger partial charge in [-0.3, -0.25) is 4.79 Å². The van der Waals surface area contributed by atoms with Crippen LogP contribution < -0.4 is 10.1 Å². The molecule has 126 valence electrons. The van der Waals surface area contributed by atoms with Crippen molar-refractivity contribution in [3.05, 3.63) is 52.6 Å². The smallest absolute Gasteiger partial charge is 0.258 e. The molecular weight excluding hydrogens is 326 g/mol. The molecule has 1 saturated carbocycles. The molecule has 0 aliphatic heterocycles. The predicted octanol–water partition coefficient (Wildman–Crippen LogP) is 3.39. The van der Waals surface area contributed by atoms with Crippen molar-refractivity contribution < 1.29 is 9.53 Å². The van der Waals surface area contributed by atoms with Crippen LogP contribution in [0, 0.1) is 19.8 Å². The number of rotatable bonds is 6. The van der Waals surface area contributed by atoms with Gasteiger partial charge in [0.1, 0.15) is 5.75 Å². The van der Waals surface area contributed by atoms with Crippen molar-refractivity contribution in [2.24, 2.45) is 5.92 Å². The topological polar surface area (TPSA) is 64.1 Å². The molecule has 0 bridgehead atoms. The lowest BCUT2D eigenvalue weighted by Gasteiger charge is -2.17. The normalized spacial score (nSPS) is 15.0. The lowest BCUT2D eigenvalue weighted by atomic mass is 10.1. The minimum atomic E-state index is -0.175. The Morgan fingerprint density at radius 3 is 2.83 bits per heavy atom. The molecule has 1 aliphatic carbocycles. The van der Waals surface area contributed by atoms with Crippen LogP contribution in [0.3, 0.4) is 0 Å². The average Bonchev–Trinajstić information content (AvgIpc) is 3.36. The highest BCUT2D eigenvalue weighted by molar-refractivity contribution is 6.30. The van der Waals surface area contributed by atoms with Crippen LogP contribution >= 0.6 is 11.6 Å². The van der Waals surface area contributed by atoms with E-state index in [-0.39, 0.29) is 18.6 Å². The lowest BCUT2D eigenvalue weighted by molar-refractivity contribution is -0.124. The van der Waals surface area contributed by atoms with Crippen LogP contribution in [0.25, 0.3) is 0 Å². The summed E-state index contributed by atoms with van der Waals surface area (Å²) >= 11 is 5.92. The zero-order valence-corrected chi connectivity index (χ0v) is 14.5. The maximum Gasteiger partial charge on any atom is 0.258 e. The van der Waals surface area contributed by atoms with Crippen LogP contribution in [-0.2, 0) is 4.79 Å². The van der Waals surface area contributed by atoms with Crippen LogP contribution in [0.4, 0.5) is 0 Å². The molecule has 2 aromatic rings. The number of halogens is 1. The lowest BCUT2D eigenvalue weighted by Crippen LogP contribution is -2.34. The van der Waals surface area contributed by atoms with Gasteiger partial charge in [-0.25, -0.2) is 9.97 Å². The van der Waals surface area contributed by atoms with Gasteiger partial charge in [-0.1, -0.05) is 11.6 Å². The van der Waals surface area contributed by atoms with Gasteiger partial charge >= 0.3 is 0 Å². The fourth-order valence-corrected chi connectivity index (χ4v) is 2.80. The van der Waals surface area contributed by atoms with Gasteiger partial charge in [0, 0.05) is 16.9 Å². The molecule has 1 N–H and O–H groups in total. The molecule has 24 heavy (non-hydrogen) atoms. The van der Waals surface area contributed by atoms with E-state index in [2.05, 4.69) is 15.3 Å². The van der Waals surface area contributed by atoms with Crippen molar-refractivity contribution in [1.29, 1.82) is 0 Å². The molecule has 3 rings (SSSR count). The Balaban J connectivity index is 1.62. The van der Waals surface area contributed by atoms with Gasteiger partial charge in [-0.2, -0.15) is 0 Å². The summed E-state index contributed by atoms with van der Waals surface area (Å²) in [6, 6.07) is 7.03. The van der Waals surface area contributed by atoms with Crippen LogP contribution in [0.15, 0.2) is 30.5 Å². The van der Waals surface area contributed by atoms with Crippen molar-refractivity contribution in [1.82, 2.24) is 15.3 Å². The first-order valence-electron chi connectivity index (χ1n) is 8.01. The Kier molecular flexibility index (Phi) is 5.00. The minimum Gasteiger partial charge on any atom is -0.484 e. The number of hydrogen-bond donors (Lipinski definition) is 1. The molecule has 1 aromatic carbocycles. The first-order chi connectivity index (χ1) is 11.5. The Hall–Kier alpha value is -2.14. The van der Waals surface area contributed by atoms with Crippen molar-refractivity contribution in [2.75, 3.05) is 6.61 Å². The van der Waals surface area contributed by atoms with E-state index in [1.54, 1.807) is 18.3 Å². The van der Waals surface area contributed by atoms with Gasteiger partial charge in [0.2, 0.25) is 0 Å². The Morgan fingerprint density at radius 1 is 1.38 bits per heavy atom. The average molecular weight is 346 g/mol. The second kappa shape index (κ2) is 7.18. The minimum absolute atomic E-state index is 0.0441. The highest BCUT2D eigenvalue weighted by Gasteiger charge is 2.35. The molecule has 1 atom stereocenters. The molecule has 1 aromatic heterocycles.